The monoisotopic (exact) mass is 496 g/mol. The number of piperazine rings is 1. The minimum absolute atomic E-state index is 0.0239. The molecule has 0 bridgehead atoms. The number of hydrogen-bond donors (Lipinski definition) is 2. The predicted octanol–water partition coefficient (Wildman–Crippen LogP) is 3.54. The zero-order chi connectivity index (χ0) is 25.9. The molecule has 0 saturated carbocycles. The Hall–Kier alpha value is -3.81. The summed E-state index contributed by atoms with van der Waals surface area (Å²) >= 11 is 0. The lowest BCUT2D eigenvalue weighted by Gasteiger charge is -2.34. The minimum atomic E-state index is -0.0239. The Morgan fingerprint density at radius 1 is 0.919 bits per heavy atom. The van der Waals surface area contributed by atoms with Crippen molar-refractivity contribution in [1.29, 1.82) is 0 Å². The SMILES string of the molecule is CN1CCN(c2cccc3ccc(C(=O)NCCc4ccncc4)cc23)CC1.NCCc1ccccn1. The molecule has 2 aromatic carbocycles. The number of pyridine rings is 2. The Morgan fingerprint density at radius 3 is 2.46 bits per heavy atom. The Kier molecular flexibility index (Phi) is 9.57. The van der Waals surface area contributed by atoms with Crippen molar-refractivity contribution in [3.05, 3.63) is 102 Å². The summed E-state index contributed by atoms with van der Waals surface area (Å²) in [6, 6.07) is 22.2. The van der Waals surface area contributed by atoms with Crippen molar-refractivity contribution >= 4 is 22.4 Å². The molecular formula is C30H36N6O. The van der Waals surface area contributed by atoms with Crippen LogP contribution in [-0.2, 0) is 12.8 Å². The largest absolute Gasteiger partial charge is 0.368 e. The van der Waals surface area contributed by atoms with Crippen molar-refractivity contribution in [3.8, 4) is 0 Å². The number of nitrogens with one attached hydrogen (secondary N) is 1. The van der Waals surface area contributed by atoms with E-state index in [1.807, 2.05) is 48.5 Å². The highest BCUT2D eigenvalue weighted by atomic mass is 16.1. The van der Waals surface area contributed by atoms with E-state index in [9.17, 15) is 4.79 Å². The molecule has 7 nitrogen and oxygen atoms in total. The second kappa shape index (κ2) is 13.5. The molecule has 192 valence electrons. The summed E-state index contributed by atoms with van der Waals surface area (Å²) in [5.74, 6) is -0.0239. The van der Waals surface area contributed by atoms with Gasteiger partial charge in [0.2, 0.25) is 0 Å². The molecule has 2 aromatic heterocycles. The fraction of sp³-hybridized carbons (Fsp3) is 0.300. The van der Waals surface area contributed by atoms with Crippen molar-refractivity contribution in [1.82, 2.24) is 20.2 Å². The summed E-state index contributed by atoms with van der Waals surface area (Å²) in [5.41, 5.74) is 9.49. The number of benzene rings is 2. The van der Waals surface area contributed by atoms with Crippen LogP contribution in [0.5, 0.6) is 0 Å². The Morgan fingerprint density at radius 2 is 1.73 bits per heavy atom. The smallest absolute Gasteiger partial charge is 0.251 e. The fourth-order valence-corrected chi connectivity index (χ4v) is 4.39. The van der Waals surface area contributed by atoms with E-state index < -0.39 is 0 Å². The number of hydrogen-bond acceptors (Lipinski definition) is 6. The molecule has 1 aliphatic rings. The molecule has 37 heavy (non-hydrogen) atoms. The van der Waals surface area contributed by atoms with Crippen LogP contribution in [0.4, 0.5) is 5.69 Å². The molecule has 1 saturated heterocycles. The molecule has 5 rings (SSSR count). The van der Waals surface area contributed by atoms with Gasteiger partial charge in [-0.1, -0.05) is 24.3 Å². The van der Waals surface area contributed by atoms with Crippen LogP contribution in [-0.4, -0.2) is 67.1 Å². The Labute approximate surface area is 219 Å². The Balaban J connectivity index is 0.000000301. The van der Waals surface area contributed by atoms with Gasteiger partial charge in [-0.05, 0) is 73.4 Å². The van der Waals surface area contributed by atoms with E-state index in [2.05, 4.69) is 50.3 Å². The fourth-order valence-electron chi connectivity index (χ4n) is 4.39. The topological polar surface area (TPSA) is 87.4 Å². The molecule has 0 atom stereocenters. The standard InChI is InChI=1S/C23H26N4O.C7H10N2/c1-26-13-15-27(16-14-26)22-4-2-3-19-5-6-20(17-21(19)22)23(28)25-12-9-18-7-10-24-11-8-18;8-5-4-7-3-1-2-6-9-7/h2-8,10-11,17H,9,12-16H2,1H3,(H,25,28);1-3,6H,4-5,8H2. The first-order valence-corrected chi connectivity index (χ1v) is 12.9. The van der Waals surface area contributed by atoms with E-state index in [1.54, 1.807) is 18.6 Å². The number of aromatic nitrogens is 2. The average Bonchev–Trinajstić information content (AvgIpc) is 2.94. The molecule has 1 fully saturated rings. The lowest BCUT2D eigenvalue weighted by Crippen LogP contribution is -2.44. The van der Waals surface area contributed by atoms with Crippen LogP contribution < -0.4 is 16.0 Å². The molecule has 0 spiro atoms. The van der Waals surface area contributed by atoms with E-state index in [4.69, 9.17) is 5.73 Å². The van der Waals surface area contributed by atoms with Crippen molar-refractivity contribution in [3.63, 3.8) is 0 Å². The van der Waals surface area contributed by atoms with Crippen LogP contribution >= 0.6 is 0 Å². The number of anilines is 1. The Bertz CT molecular complexity index is 1260. The first kappa shape index (κ1) is 26.3. The highest BCUT2D eigenvalue weighted by Crippen LogP contribution is 2.28. The van der Waals surface area contributed by atoms with Gasteiger partial charge in [-0.2, -0.15) is 0 Å². The van der Waals surface area contributed by atoms with Crippen molar-refractivity contribution < 1.29 is 4.79 Å². The van der Waals surface area contributed by atoms with Gasteiger partial charge >= 0.3 is 0 Å². The number of likely N-dealkylation sites (N-methyl/N-ethyl adjacent to an activating group) is 1. The van der Waals surface area contributed by atoms with Gasteiger partial charge in [0.15, 0.2) is 0 Å². The molecule has 1 aliphatic heterocycles. The summed E-state index contributed by atoms with van der Waals surface area (Å²) < 4.78 is 0. The zero-order valence-electron chi connectivity index (χ0n) is 21.5. The van der Waals surface area contributed by atoms with E-state index in [0.717, 1.165) is 50.1 Å². The number of fused-ring (bicyclic) bond motifs is 1. The lowest BCUT2D eigenvalue weighted by molar-refractivity contribution is 0.0954. The first-order valence-electron chi connectivity index (χ1n) is 12.9. The maximum atomic E-state index is 12.7. The maximum absolute atomic E-state index is 12.7. The van der Waals surface area contributed by atoms with E-state index >= 15 is 0 Å². The molecular weight excluding hydrogens is 460 g/mol. The van der Waals surface area contributed by atoms with E-state index in [1.165, 1.54) is 16.6 Å². The zero-order valence-corrected chi connectivity index (χ0v) is 21.5. The third-order valence-electron chi connectivity index (χ3n) is 6.54. The van der Waals surface area contributed by atoms with Crippen LogP contribution in [0.15, 0.2) is 85.3 Å². The molecule has 7 heteroatoms. The number of rotatable bonds is 7. The quantitative estimate of drug-likeness (QED) is 0.407. The number of carbonyl (C=O) groups is 1. The number of nitrogens with zero attached hydrogens (tertiary/aromatic N) is 4. The molecule has 3 N–H and O–H groups in total. The van der Waals surface area contributed by atoms with Gasteiger partial charge in [0.05, 0.1) is 0 Å². The molecule has 4 aromatic rings. The van der Waals surface area contributed by atoms with E-state index in [-0.39, 0.29) is 5.91 Å². The summed E-state index contributed by atoms with van der Waals surface area (Å²) in [6.07, 6.45) is 7.01. The first-order chi connectivity index (χ1) is 18.1. The van der Waals surface area contributed by atoms with Crippen molar-refractivity contribution in [2.45, 2.75) is 12.8 Å². The van der Waals surface area contributed by atoms with Crippen LogP contribution in [0, 0.1) is 0 Å². The van der Waals surface area contributed by atoms with Gasteiger partial charge in [0, 0.05) is 80.1 Å². The van der Waals surface area contributed by atoms with Gasteiger partial charge in [-0.25, -0.2) is 0 Å². The number of nitrogens with two attached hydrogens (primary N) is 1. The predicted molar refractivity (Wildman–Crippen MR) is 151 cm³/mol. The van der Waals surface area contributed by atoms with Gasteiger partial charge < -0.3 is 20.9 Å². The molecule has 0 aliphatic carbocycles. The van der Waals surface area contributed by atoms with Crippen LogP contribution in [0.25, 0.3) is 10.8 Å². The molecule has 0 radical (unpaired) electrons. The van der Waals surface area contributed by atoms with Crippen LogP contribution in [0.2, 0.25) is 0 Å². The van der Waals surface area contributed by atoms with Crippen molar-refractivity contribution in [2.75, 3.05) is 51.2 Å². The summed E-state index contributed by atoms with van der Waals surface area (Å²) in [4.78, 5) is 25.6. The highest BCUT2D eigenvalue weighted by Gasteiger charge is 2.17. The lowest BCUT2D eigenvalue weighted by atomic mass is 10.0. The minimum Gasteiger partial charge on any atom is -0.368 e. The third kappa shape index (κ3) is 7.59. The third-order valence-corrected chi connectivity index (χ3v) is 6.54. The normalized spacial score (nSPS) is 13.6. The summed E-state index contributed by atoms with van der Waals surface area (Å²) in [6.45, 7) is 5.44. The maximum Gasteiger partial charge on any atom is 0.251 e. The van der Waals surface area contributed by atoms with Gasteiger partial charge in [-0.3, -0.25) is 14.8 Å². The number of carbonyl (C=O) groups excluding carboxylic acids is 1. The molecule has 1 amide bonds. The average molecular weight is 497 g/mol. The second-order valence-electron chi connectivity index (χ2n) is 9.22. The molecule has 0 unspecified atom stereocenters. The van der Waals surface area contributed by atoms with Crippen molar-refractivity contribution in [2.24, 2.45) is 5.73 Å². The van der Waals surface area contributed by atoms with Gasteiger partial charge in [0.25, 0.3) is 5.91 Å². The molecule has 3 heterocycles. The van der Waals surface area contributed by atoms with Gasteiger partial charge in [-0.15, -0.1) is 0 Å². The summed E-state index contributed by atoms with van der Waals surface area (Å²) in [5, 5.41) is 5.36. The van der Waals surface area contributed by atoms with E-state index in [0.29, 0.717) is 18.7 Å². The van der Waals surface area contributed by atoms with Crippen LogP contribution in [0.3, 0.4) is 0 Å². The van der Waals surface area contributed by atoms with Gasteiger partial charge in [0.1, 0.15) is 0 Å². The summed E-state index contributed by atoms with van der Waals surface area (Å²) in [7, 11) is 2.16. The highest BCUT2D eigenvalue weighted by molar-refractivity contribution is 6.02. The second-order valence-corrected chi connectivity index (χ2v) is 9.22. The van der Waals surface area contributed by atoms with Crippen LogP contribution in [0.1, 0.15) is 21.6 Å². The number of amides is 1.